The zero-order valence-corrected chi connectivity index (χ0v) is 8.87. The molecule has 1 aromatic rings. The van der Waals surface area contributed by atoms with Crippen LogP contribution in [0.25, 0.3) is 0 Å². The lowest BCUT2D eigenvalue weighted by Crippen LogP contribution is -2.13. The summed E-state index contributed by atoms with van der Waals surface area (Å²) >= 11 is 3.04. The van der Waals surface area contributed by atoms with E-state index in [1.165, 1.54) is 12.1 Å². The molecule has 1 rings (SSSR count). The Balaban J connectivity index is 3.42. The van der Waals surface area contributed by atoms with Crippen LogP contribution in [0.4, 0.5) is 5.69 Å². The number of benzene rings is 1. The predicted molar refractivity (Wildman–Crippen MR) is 54.1 cm³/mol. The van der Waals surface area contributed by atoms with Gasteiger partial charge >= 0.3 is 0 Å². The van der Waals surface area contributed by atoms with Gasteiger partial charge in [-0.3, -0.25) is 14.9 Å². The molecule has 0 aromatic heterocycles. The smallest absolute Gasteiger partial charge is 0.284 e. The third kappa shape index (κ3) is 1.90. The van der Waals surface area contributed by atoms with Crippen molar-refractivity contribution in [1.29, 1.82) is 0 Å². The van der Waals surface area contributed by atoms with Crippen LogP contribution in [-0.2, 0) is 0 Å². The Hall–Kier alpha value is -1.43. The first kappa shape index (κ1) is 10.6. The monoisotopic (exact) mass is 258 g/mol. The van der Waals surface area contributed by atoms with Crippen molar-refractivity contribution in [3.8, 4) is 0 Å². The molecule has 2 N–H and O–H groups in total. The summed E-state index contributed by atoms with van der Waals surface area (Å²) in [6, 6.07) is 2.67. The fourth-order valence-corrected chi connectivity index (χ4v) is 1.67. The van der Waals surface area contributed by atoms with Crippen LogP contribution in [0.2, 0.25) is 0 Å². The fourth-order valence-electron chi connectivity index (χ4n) is 1.07. The number of carbonyl (C=O) groups excluding carboxylic acids is 1. The molecule has 14 heavy (non-hydrogen) atoms. The first-order chi connectivity index (χ1) is 6.43. The van der Waals surface area contributed by atoms with E-state index in [1.807, 2.05) is 0 Å². The summed E-state index contributed by atoms with van der Waals surface area (Å²) in [6.45, 7) is 1.66. The predicted octanol–water partition coefficient (Wildman–Crippen LogP) is 1.76. The molecule has 1 aromatic carbocycles. The van der Waals surface area contributed by atoms with Crippen molar-refractivity contribution in [3.63, 3.8) is 0 Å². The third-order valence-corrected chi connectivity index (χ3v) is 2.39. The Bertz CT molecular complexity index is 382. The molecule has 0 aliphatic rings. The van der Waals surface area contributed by atoms with E-state index in [0.29, 0.717) is 10.0 Å². The molecular weight excluding hydrogens is 252 g/mol. The van der Waals surface area contributed by atoms with E-state index in [0.717, 1.165) is 0 Å². The molecule has 0 atom stereocenters. The number of hydrogen-bond acceptors (Lipinski definition) is 3. The van der Waals surface area contributed by atoms with Crippen molar-refractivity contribution in [2.24, 2.45) is 5.73 Å². The Morgan fingerprint density at radius 1 is 1.57 bits per heavy atom. The largest absolute Gasteiger partial charge is 0.366 e. The fraction of sp³-hybridized carbons (Fsp3) is 0.125. The maximum absolute atomic E-state index is 10.9. The number of aryl methyl sites for hydroxylation is 1. The summed E-state index contributed by atoms with van der Waals surface area (Å²) in [5.74, 6) is -0.668. The van der Waals surface area contributed by atoms with Crippen LogP contribution in [0.5, 0.6) is 0 Å². The number of hydrogen-bond donors (Lipinski definition) is 1. The van der Waals surface area contributed by atoms with E-state index < -0.39 is 10.8 Å². The summed E-state index contributed by atoms with van der Waals surface area (Å²) in [7, 11) is 0. The second-order valence-corrected chi connectivity index (χ2v) is 3.59. The highest BCUT2D eigenvalue weighted by Gasteiger charge is 2.16. The van der Waals surface area contributed by atoms with Crippen LogP contribution in [0.1, 0.15) is 15.9 Å². The number of rotatable bonds is 2. The van der Waals surface area contributed by atoms with Crippen LogP contribution in [0.3, 0.4) is 0 Å². The molecule has 0 radical (unpaired) electrons. The van der Waals surface area contributed by atoms with Gasteiger partial charge in [0.05, 0.1) is 9.40 Å². The second kappa shape index (κ2) is 3.75. The van der Waals surface area contributed by atoms with Gasteiger partial charge in [-0.05, 0) is 34.5 Å². The minimum Gasteiger partial charge on any atom is -0.366 e. The van der Waals surface area contributed by atoms with Crippen molar-refractivity contribution >= 4 is 27.5 Å². The standard InChI is InChI=1S/C8H7BrN2O3/c1-4-2-6(9)7(11(13)14)3-5(4)8(10)12/h2-3H,1H3,(H2,10,12). The van der Waals surface area contributed by atoms with Gasteiger partial charge in [-0.2, -0.15) is 0 Å². The van der Waals surface area contributed by atoms with Gasteiger partial charge in [-0.25, -0.2) is 0 Å². The number of carbonyl (C=O) groups is 1. The summed E-state index contributed by atoms with van der Waals surface area (Å²) in [5.41, 5.74) is 5.67. The quantitative estimate of drug-likeness (QED) is 0.648. The lowest BCUT2D eigenvalue weighted by atomic mass is 10.1. The molecule has 6 heteroatoms. The Kier molecular flexibility index (Phi) is 2.85. The van der Waals surface area contributed by atoms with E-state index in [1.54, 1.807) is 6.92 Å². The molecule has 0 saturated carbocycles. The maximum Gasteiger partial charge on any atom is 0.284 e. The molecule has 0 heterocycles. The van der Waals surface area contributed by atoms with Crippen LogP contribution in [0, 0.1) is 17.0 Å². The Labute approximate surface area is 88.2 Å². The SMILES string of the molecule is Cc1cc(Br)c([N+](=O)[O-])cc1C(N)=O. The van der Waals surface area contributed by atoms with Gasteiger partial charge in [-0.1, -0.05) is 0 Å². The van der Waals surface area contributed by atoms with E-state index >= 15 is 0 Å². The van der Waals surface area contributed by atoms with Gasteiger partial charge in [0.15, 0.2) is 0 Å². The molecule has 0 bridgehead atoms. The highest BCUT2D eigenvalue weighted by molar-refractivity contribution is 9.10. The van der Waals surface area contributed by atoms with Crippen molar-refractivity contribution in [2.75, 3.05) is 0 Å². The second-order valence-electron chi connectivity index (χ2n) is 2.74. The number of primary amides is 1. The molecular formula is C8H7BrN2O3. The Morgan fingerprint density at radius 3 is 2.57 bits per heavy atom. The van der Waals surface area contributed by atoms with E-state index in [4.69, 9.17) is 5.73 Å². The molecule has 0 aliphatic carbocycles. The van der Waals surface area contributed by atoms with E-state index in [-0.39, 0.29) is 11.3 Å². The summed E-state index contributed by atoms with van der Waals surface area (Å²) in [5, 5.41) is 10.5. The van der Waals surface area contributed by atoms with Gasteiger partial charge in [0, 0.05) is 11.6 Å². The number of amides is 1. The van der Waals surface area contributed by atoms with Crippen molar-refractivity contribution < 1.29 is 9.72 Å². The molecule has 0 fully saturated rings. The normalized spacial score (nSPS) is 9.86. The zero-order valence-electron chi connectivity index (χ0n) is 7.28. The maximum atomic E-state index is 10.9. The highest BCUT2D eigenvalue weighted by atomic mass is 79.9. The summed E-state index contributed by atoms with van der Waals surface area (Å²) in [4.78, 5) is 20.9. The lowest BCUT2D eigenvalue weighted by molar-refractivity contribution is -0.385. The number of nitro benzene ring substituents is 1. The zero-order chi connectivity index (χ0) is 10.9. The van der Waals surface area contributed by atoms with E-state index in [9.17, 15) is 14.9 Å². The average molecular weight is 259 g/mol. The van der Waals surface area contributed by atoms with Crippen LogP contribution in [0.15, 0.2) is 16.6 Å². The van der Waals surface area contributed by atoms with Crippen LogP contribution < -0.4 is 5.73 Å². The van der Waals surface area contributed by atoms with Gasteiger partial charge < -0.3 is 5.73 Å². The lowest BCUT2D eigenvalue weighted by Gasteiger charge is -2.02. The van der Waals surface area contributed by atoms with Crippen molar-refractivity contribution in [3.05, 3.63) is 37.8 Å². The molecule has 74 valence electrons. The highest BCUT2D eigenvalue weighted by Crippen LogP contribution is 2.27. The van der Waals surface area contributed by atoms with Crippen LogP contribution in [-0.4, -0.2) is 10.8 Å². The van der Waals surface area contributed by atoms with Crippen molar-refractivity contribution in [1.82, 2.24) is 0 Å². The molecule has 5 nitrogen and oxygen atoms in total. The van der Waals surface area contributed by atoms with Gasteiger partial charge in [0.2, 0.25) is 5.91 Å². The van der Waals surface area contributed by atoms with E-state index in [2.05, 4.69) is 15.9 Å². The number of nitrogens with two attached hydrogens (primary N) is 1. The van der Waals surface area contributed by atoms with Gasteiger partial charge in [0.25, 0.3) is 5.69 Å². The average Bonchev–Trinajstić information content (AvgIpc) is 2.02. The molecule has 0 spiro atoms. The first-order valence-electron chi connectivity index (χ1n) is 3.68. The molecule has 0 saturated heterocycles. The third-order valence-electron chi connectivity index (χ3n) is 1.76. The Morgan fingerprint density at radius 2 is 2.14 bits per heavy atom. The first-order valence-corrected chi connectivity index (χ1v) is 4.47. The number of nitro groups is 1. The van der Waals surface area contributed by atoms with Gasteiger partial charge in [-0.15, -0.1) is 0 Å². The summed E-state index contributed by atoms with van der Waals surface area (Å²) in [6.07, 6.45) is 0. The molecule has 1 amide bonds. The summed E-state index contributed by atoms with van der Waals surface area (Å²) < 4.78 is 0.338. The molecule has 0 aliphatic heterocycles. The van der Waals surface area contributed by atoms with Crippen molar-refractivity contribution in [2.45, 2.75) is 6.92 Å². The minimum absolute atomic E-state index is 0.163. The van der Waals surface area contributed by atoms with Gasteiger partial charge in [0.1, 0.15) is 0 Å². The molecule has 0 unspecified atom stereocenters. The van der Waals surface area contributed by atoms with Crippen LogP contribution >= 0.6 is 15.9 Å². The topological polar surface area (TPSA) is 86.2 Å². The number of nitrogens with zero attached hydrogens (tertiary/aromatic N) is 1. The number of halogens is 1. The minimum atomic E-state index is -0.668.